The number of hydrogen-bond acceptors (Lipinski definition) is 3. The maximum atomic E-state index is 5.72. The number of nitrogens with two attached hydrogens (primary N) is 1. The van der Waals surface area contributed by atoms with Crippen LogP contribution in [0.5, 0.6) is 5.75 Å². The van der Waals surface area contributed by atoms with Crippen LogP contribution in [0, 0.1) is 0 Å². The van der Waals surface area contributed by atoms with E-state index in [2.05, 4.69) is 17.0 Å². The van der Waals surface area contributed by atoms with Crippen LogP contribution in [0.1, 0.15) is 31.2 Å². The minimum absolute atomic E-state index is 0.647. The fraction of sp³-hybridized carbons (Fsp3) is 0.600. The number of hydrogen-bond donors (Lipinski definition) is 1. The fourth-order valence-corrected chi connectivity index (χ4v) is 2.84. The first-order valence-electron chi connectivity index (χ1n) is 6.91. The molecule has 0 spiro atoms. The van der Waals surface area contributed by atoms with Gasteiger partial charge in [-0.1, -0.05) is 24.6 Å². The molecule has 1 aliphatic rings. The van der Waals surface area contributed by atoms with E-state index < -0.39 is 0 Å². The number of nitrogens with zero attached hydrogens (tertiary/aromatic N) is 1. The summed E-state index contributed by atoms with van der Waals surface area (Å²) >= 11 is 0. The highest BCUT2D eigenvalue weighted by atomic mass is 16.5. The first-order chi connectivity index (χ1) is 8.85. The second kappa shape index (κ2) is 6.76. The Morgan fingerprint density at radius 2 is 2.17 bits per heavy atom. The van der Waals surface area contributed by atoms with E-state index in [1.165, 1.54) is 31.4 Å². The Hall–Kier alpha value is -1.06. The smallest absolute Gasteiger partial charge is 0.123 e. The lowest BCUT2D eigenvalue weighted by atomic mass is 9.98. The molecular formula is C15H24N2O. The standard InChI is InChI=1S/C15H24N2O/c1-18-15-8-3-2-6-13(15)12-17-11-5-4-7-14(17)9-10-16/h2-3,6,8,14H,4-5,7,9-12,16H2,1H3. The second-order valence-corrected chi connectivity index (χ2v) is 5.01. The van der Waals surface area contributed by atoms with E-state index in [0.29, 0.717) is 6.04 Å². The zero-order valence-corrected chi connectivity index (χ0v) is 11.3. The van der Waals surface area contributed by atoms with E-state index in [0.717, 1.165) is 25.3 Å². The van der Waals surface area contributed by atoms with Crippen molar-refractivity contribution in [3.63, 3.8) is 0 Å². The molecule has 0 radical (unpaired) electrons. The second-order valence-electron chi connectivity index (χ2n) is 5.01. The van der Waals surface area contributed by atoms with Gasteiger partial charge in [0.1, 0.15) is 5.75 Å². The predicted octanol–water partition coefficient (Wildman–Crippen LogP) is 2.40. The third-order valence-corrected chi connectivity index (χ3v) is 3.81. The zero-order valence-electron chi connectivity index (χ0n) is 11.3. The highest BCUT2D eigenvalue weighted by molar-refractivity contribution is 5.33. The van der Waals surface area contributed by atoms with Crippen LogP contribution in [0.4, 0.5) is 0 Å². The molecule has 1 fully saturated rings. The summed E-state index contributed by atoms with van der Waals surface area (Å²) in [5.74, 6) is 0.995. The number of benzene rings is 1. The fourth-order valence-electron chi connectivity index (χ4n) is 2.84. The molecule has 0 amide bonds. The lowest BCUT2D eigenvalue weighted by Crippen LogP contribution is -2.40. The number of likely N-dealkylation sites (tertiary alicyclic amines) is 1. The molecule has 0 aliphatic carbocycles. The molecule has 1 saturated heterocycles. The molecule has 100 valence electrons. The zero-order chi connectivity index (χ0) is 12.8. The molecule has 1 aromatic rings. The minimum atomic E-state index is 0.647. The summed E-state index contributed by atoms with van der Waals surface area (Å²) in [6.07, 6.45) is 5.03. The van der Waals surface area contributed by atoms with E-state index in [9.17, 15) is 0 Å². The van der Waals surface area contributed by atoms with Crippen molar-refractivity contribution in [1.29, 1.82) is 0 Å². The molecule has 3 nitrogen and oxygen atoms in total. The summed E-state index contributed by atoms with van der Waals surface area (Å²) < 4.78 is 5.43. The Kier molecular flexibility index (Phi) is 5.02. The van der Waals surface area contributed by atoms with Gasteiger partial charge in [-0.2, -0.15) is 0 Å². The summed E-state index contributed by atoms with van der Waals surface area (Å²) in [5.41, 5.74) is 7.00. The molecule has 18 heavy (non-hydrogen) atoms. The summed E-state index contributed by atoms with van der Waals surface area (Å²) in [4.78, 5) is 2.56. The molecule has 1 heterocycles. The average Bonchev–Trinajstić information content (AvgIpc) is 2.42. The minimum Gasteiger partial charge on any atom is -0.496 e. The molecule has 3 heteroatoms. The van der Waals surface area contributed by atoms with Crippen molar-refractivity contribution in [2.24, 2.45) is 5.73 Å². The highest BCUT2D eigenvalue weighted by Gasteiger charge is 2.22. The molecule has 2 rings (SSSR count). The van der Waals surface area contributed by atoms with Crippen LogP contribution in [0.25, 0.3) is 0 Å². The number of piperidine rings is 1. The summed E-state index contributed by atoms with van der Waals surface area (Å²) in [7, 11) is 1.74. The van der Waals surface area contributed by atoms with Crippen LogP contribution in [-0.4, -0.2) is 31.1 Å². The molecule has 2 N–H and O–H groups in total. The maximum absolute atomic E-state index is 5.72. The van der Waals surface area contributed by atoms with Gasteiger partial charge in [0, 0.05) is 18.2 Å². The van der Waals surface area contributed by atoms with E-state index in [4.69, 9.17) is 10.5 Å². The van der Waals surface area contributed by atoms with Crippen molar-refractivity contribution in [3.8, 4) is 5.75 Å². The van der Waals surface area contributed by atoms with Crippen molar-refractivity contribution in [2.45, 2.75) is 38.3 Å². The Morgan fingerprint density at radius 3 is 2.94 bits per heavy atom. The Balaban J connectivity index is 2.05. The normalized spacial score (nSPS) is 20.9. The third-order valence-electron chi connectivity index (χ3n) is 3.81. The summed E-state index contributed by atoms with van der Waals surface area (Å²) in [6, 6.07) is 8.95. The van der Waals surface area contributed by atoms with Crippen molar-refractivity contribution in [2.75, 3.05) is 20.2 Å². The third kappa shape index (κ3) is 3.24. The largest absolute Gasteiger partial charge is 0.496 e. The van der Waals surface area contributed by atoms with Crippen molar-refractivity contribution < 1.29 is 4.74 Å². The Morgan fingerprint density at radius 1 is 1.33 bits per heavy atom. The Labute approximate surface area is 110 Å². The van der Waals surface area contributed by atoms with E-state index in [1.807, 2.05) is 12.1 Å². The van der Waals surface area contributed by atoms with Crippen LogP contribution >= 0.6 is 0 Å². The van der Waals surface area contributed by atoms with Gasteiger partial charge in [-0.05, 0) is 38.4 Å². The van der Waals surface area contributed by atoms with Crippen LogP contribution in [-0.2, 0) is 6.54 Å². The molecule has 0 saturated carbocycles. The van der Waals surface area contributed by atoms with Crippen molar-refractivity contribution in [1.82, 2.24) is 4.90 Å². The lowest BCUT2D eigenvalue weighted by Gasteiger charge is -2.35. The van der Waals surface area contributed by atoms with Gasteiger partial charge in [-0.3, -0.25) is 4.90 Å². The first-order valence-corrected chi connectivity index (χ1v) is 6.91. The van der Waals surface area contributed by atoms with Crippen molar-refractivity contribution >= 4 is 0 Å². The topological polar surface area (TPSA) is 38.5 Å². The Bertz CT molecular complexity index is 365. The van der Waals surface area contributed by atoms with E-state index >= 15 is 0 Å². The van der Waals surface area contributed by atoms with Gasteiger partial charge in [0.25, 0.3) is 0 Å². The molecule has 1 atom stereocenters. The number of ether oxygens (including phenoxy) is 1. The monoisotopic (exact) mass is 248 g/mol. The number of methoxy groups -OCH3 is 1. The first kappa shape index (κ1) is 13.4. The maximum Gasteiger partial charge on any atom is 0.123 e. The SMILES string of the molecule is COc1ccccc1CN1CCCCC1CCN. The molecule has 1 aromatic carbocycles. The van der Waals surface area contributed by atoms with E-state index in [-0.39, 0.29) is 0 Å². The molecule has 0 aromatic heterocycles. The van der Waals surface area contributed by atoms with Gasteiger partial charge in [-0.25, -0.2) is 0 Å². The van der Waals surface area contributed by atoms with E-state index in [1.54, 1.807) is 7.11 Å². The van der Waals surface area contributed by atoms with Gasteiger partial charge >= 0.3 is 0 Å². The van der Waals surface area contributed by atoms with Gasteiger partial charge in [-0.15, -0.1) is 0 Å². The molecule has 1 unspecified atom stereocenters. The number of rotatable bonds is 5. The average molecular weight is 248 g/mol. The highest BCUT2D eigenvalue weighted by Crippen LogP contribution is 2.25. The van der Waals surface area contributed by atoms with Gasteiger partial charge in [0.2, 0.25) is 0 Å². The molecule has 0 bridgehead atoms. The van der Waals surface area contributed by atoms with Gasteiger partial charge in [0.15, 0.2) is 0 Å². The quantitative estimate of drug-likeness (QED) is 0.869. The van der Waals surface area contributed by atoms with Gasteiger partial charge in [0.05, 0.1) is 7.11 Å². The number of para-hydroxylation sites is 1. The van der Waals surface area contributed by atoms with Crippen LogP contribution in [0.3, 0.4) is 0 Å². The van der Waals surface area contributed by atoms with Crippen LogP contribution < -0.4 is 10.5 Å². The lowest BCUT2D eigenvalue weighted by molar-refractivity contribution is 0.133. The van der Waals surface area contributed by atoms with Crippen molar-refractivity contribution in [3.05, 3.63) is 29.8 Å². The predicted molar refractivity (Wildman–Crippen MR) is 74.7 cm³/mol. The molecule has 1 aliphatic heterocycles. The summed E-state index contributed by atoms with van der Waals surface area (Å²) in [6.45, 7) is 2.95. The summed E-state index contributed by atoms with van der Waals surface area (Å²) in [5, 5.41) is 0. The van der Waals surface area contributed by atoms with Crippen LogP contribution in [0.2, 0.25) is 0 Å². The van der Waals surface area contributed by atoms with Gasteiger partial charge < -0.3 is 10.5 Å². The molecular weight excluding hydrogens is 224 g/mol. The van der Waals surface area contributed by atoms with Crippen LogP contribution in [0.15, 0.2) is 24.3 Å².